The summed E-state index contributed by atoms with van der Waals surface area (Å²) in [6, 6.07) is 10.3. The SMILES string of the molecule is C(#C[C@@H]1CC[C@@]2(CCCO2)C1)c1ccccc1. The van der Waals surface area contributed by atoms with Crippen molar-refractivity contribution in [1.82, 2.24) is 0 Å². The molecule has 17 heavy (non-hydrogen) atoms. The van der Waals surface area contributed by atoms with Crippen LogP contribution in [0.25, 0.3) is 0 Å². The predicted molar refractivity (Wildman–Crippen MR) is 68.6 cm³/mol. The zero-order chi connectivity index (χ0) is 11.6. The second-order valence-corrected chi connectivity index (χ2v) is 5.21. The van der Waals surface area contributed by atoms with E-state index in [2.05, 4.69) is 24.0 Å². The zero-order valence-corrected chi connectivity index (χ0v) is 10.1. The topological polar surface area (TPSA) is 9.23 Å². The quantitative estimate of drug-likeness (QED) is 0.616. The molecule has 1 aromatic rings. The van der Waals surface area contributed by atoms with Crippen LogP contribution in [-0.4, -0.2) is 12.2 Å². The first-order chi connectivity index (χ1) is 8.36. The molecule has 2 aliphatic rings. The number of benzene rings is 1. The highest BCUT2D eigenvalue weighted by Gasteiger charge is 2.41. The molecule has 1 nitrogen and oxygen atoms in total. The Hall–Kier alpha value is -1.26. The van der Waals surface area contributed by atoms with Crippen molar-refractivity contribution in [2.75, 3.05) is 6.61 Å². The molecule has 3 rings (SSSR count). The average molecular weight is 226 g/mol. The van der Waals surface area contributed by atoms with E-state index in [1.54, 1.807) is 0 Å². The minimum absolute atomic E-state index is 0.204. The van der Waals surface area contributed by atoms with Crippen molar-refractivity contribution in [1.29, 1.82) is 0 Å². The van der Waals surface area contributed by atoms with E-state index in [0.717, 1.165) is 18.6 Å². The lowest BCUT2D eigenvalue weighted by molar-refractivity contribution is 0.00876. The number of hydrogen-bond acceptors (Lipinski definition) is 1. The molecule has 0 amide bonds. The molecule has 1 saturated heterocycles. The van der Waals surface area contributed by atoms with E-state index in [1.807, 2.05) is 18.2 Å². The van der Waals surface area contributed by atoms with Crippen LogP contribution in [0.2, 0.25) is 0 Å². The van der Waals surface area contributed by atoms with Crippen LogP contribution < -0.4 is 0 Å². The molecule has 1 heterocycles. The fourth-order valence-corrected chi connectivity index (χ4v) is 3.03. The molecule has 88 valence electrons. The van der Waals surface area contributed by atoms with Crippen molar-refractivity contribution in [3.8, 4) is 11.8 Å². The number of hydrogen-bond donors (Lipinski definition) is 0. The molecule has 0 unspecified atom stereocenters. The highest BCUT2D eigenvalue weighted by Crippen LogP contribution is 2.43. The molecule has 0 N–H and O–H groups in total. The van der Waals surface area contributed by atoms with Crippen molar-refractivity contribution in [2.45, 2.75) is 37.7 Å². The second-order valence-electron chi connectivity index (χ2n) is 5.21. The Bertz CT molecular complexity index is 432. The van der Waals surface area contributed by atoms with Gasteiger partial charge in [0.2, 0.25) is 0 Å². The lowest BCUT2D eigenvalue weighted by Crippen LogP contribution is -2.23. The highest BCUT2D eigenvalue weighted by molar-refractivity contribution is 5.34. The standard InChI is InChI=1S/C16H18O/c1-2-5-14(6-3-1)7-8-15-9-11-16(13-15)10-4-12-17-16/h1-3,5-6,15H,4,9-13H2/t15-,16+/m1/s1. The second kappa shape index (κ2) is 4.55. The summed E-state index contributed by atoms with van der Waals surface area (Å²) >= 11 is 0. The Morgan fingerprint density at radius 2 is 2.06 bits per heavy atom. The average Bonchev–Trinajstić information content (AvgIpc) is 2.99. The third kappa shape index (κ3) is 2.37. The molecule has 1 aliphatic heterocycles. The van der Waals surface area contributed by atoms with Gasteiger partial charge in [0.25, 0.3) is 0 Å². The minimum Gasteiger partial charge on any atom is -0.375 e. The first kappa shape index (κ1) is 10.9. The van der Waals surface area contributed by atoms with Crippen molar-refractivity contribution in [2.24, 2.45) is 5.92 Å². The highest BCUT2D eigenvalue weighted by atomic mass is 16.5. The maximum atomic E-state index is 5.92. The van der Waals surface area contributed by atoms with Crippen molar-refractivity contribution < 1.29 is 4.74 Å². The van der Waals surface area contributed by atoms with Crippen LogP contribution in [0.5, 0.6) is 0 Å². The lowest BCUT2D eigenvalue weighted by atomic mass is 9.97. The van der Waals surface area contributed by atoms with Gasteiger partial charge in [-0.3, -0.25) is 0 Å². The molecule has 0 aromatic heterocycles. The number of rotatable bonds is 0. The van der Waals surface area contributed by atoms with Crippen LogP contribution >= 0.6 is 0 Å². The minimum atomic E-state index is 0.204. The summed E-state index contributed by atoms with van der Waals surface area (Å²) < 4.78 is 5.92. The Morgan fingerprint density at radius 1 is 1.18 bits per heavy atom. The summed E-state index contributed by atoms with van der Waals surface area (Å²) in [7, 11) is 0. The Labute approximate surface area is 103 Å². The lowest BCUT2D eigenvalue weighted by Gasteiger charge is -2.21. The molecule has 1 spiro atoms. The fourth-order valence-electron chi connectivity index (χ4n) is 3.03. The summed E-state index contributed by atoms with van der Waals surface area (Å²) in [6.45, 7) is 0.957. The molecule has 1 aromatic carbocycles. The molecule has 0 radical (unpaired) electrons. The zero-order valence-electron chi connectivity index (χ0n) is 10.1. The summed E-state index contributed by atoms with van der Waals surface area (Å²) in [6.07, 6.45) is 6.04. The molecular formula is C16H18O. The predicted octanol–water partition coefficient (Wildman–Crippen LogP) is 3.39. The maximum Gasteiger partial charge on any atom is 0.0695 e. The summed E-state index contributed by atoms with van der Waals surface area (Å²) in [4.78, 5) is 0. The molecular weight excluding hydrogens is 208 g/mol. The third-order valence-electron chi connectivity index (χ3n) is 3.95. The first-order valence-electron chi connectivity index (χ1n) is 6.57. The molecule has 2 fully saturated rings. The fraction of sp³-hybridized carbons (Fsp3) is 0.500. The van der Waals surface area contributed by atoms with Gasteiger partial charge in [-0.1, -0.05) is 30.0 Å². The van der Waals surface area contributed by atoms with Gasteiger partial charge in [0.15, 0.2) is 0 Å². The Kier molecular flexibility index (Phi) is 2.91. The smallest absolute Gasteiger partial charge is 0.0695 e. The van der Waals surface area contributed by atoms with Gasteiger partial charge in [0, 0.05) is 18.1 Å². The Balaban J connectivity index is 1.66. The van der Waals surface area contributed by atoms with Crippen molar-refractivity contribution >= 4 is 0 Å². The normalized spacial score (nSPS) is 31.4. The van der Waals surface area contributed by atoms with Crippen molar-refractivity contribution in [3.05, 3.63) is 35.9 Å². The Morgan fingerprint density at radius 3 is 2.82 bits per heavy atom. The van der Waals surface area contributed by atoms with Gasteiger partial charge in [0.1, 0.15) is 0 Å². The van der Waals surface area contributed by atoms with Gasteiger partial charge in [-0.25, -0.2) is 0 Å². The van der Waals surface area contributed by atoms with E-state index < -0.39 is 0 Å². The van der Waals surface area contributed by atoms with E-state index in [1.165, 1.54) is 25.7 Å². The van der Waals surface area contributed by atoms with Gasteiger partial charge in [-0.05, 0) is 44.2 Å². The van der Waals surface area contributed by atoms with E-state index in [0.29, 0.717) is 5.92 Å². The van der Waals surface area contributed by atoms with E-state index in [-0.39, 0.29) is 5.60 Å². The molecule has 2 atom stereocenters. The van der Waals surface area contributed by atoms with Crippen LogP contribution in [0.15, 0.2) is 30.3 Å². The van der Waals surface area contributed by atoms with Gasteiger partial charge < -0.3 is 4.74 Å². The first-order valence-corrected chi connectivity index (χ1v) is 6.57. The summed E-state index contributed by atoms with van der Waals surface area (Å²) in [5.74, 6) is 7.24. The third-order valence-corrected chi connectivity index (χ3v) is 3.95. The van der Waals surface area contributed by atoms with Gasteiger partial charge in [0.05, 0.1) is 5.60 Å². The maximum absolute atomic E-state index is 5.92. The van der Waals surface area contributed by atoms with Crippen LogP contribution in [0, 0.1) is 17.8 Å². The largest absolute Gasteiger partial charge is 0.375 e. The van der Waals surface area contributed by atoms with E-state index in [9.17, 15) is 0 Å². The van der Waals surface area contributed by atoms with Crippen LogP contribution in [0.4, 0.5) is 0 Å². The summed E-state index contributed by atoms with van der Waals surface area (Å²) in [5, 5.41) is 0. The molecule has 1 heteroatoms. The molecule has 1 saturated carbocycles. The van der Waals surface area contributed by atoms with E-state index >= 15 is 0 Å². The van der Waals surface area contributed by atoms with Crippen LogP contribution in [0.1, 0.15) is 37.7 Å². The van der Waals surface area contributed by atoms with Gasteiger partial charge >= 0.3 is 0 Å². The van der Waals surface area contributed by atoms with Gasteiger partial charge in [-0.2, -0.15) is 0 Å². The monoisotopic (exact) mass is 226 g/mol. The van der Waals surface area contributed by atoms with Crippen LogP contribution in [-0.2, 0) is 4.74 Å². The number of ether oxygens (including phenoxy) is 1. The van der Waals surface area contributed by atoms with Gasteiger partial charge in [-0.15, -0.1) is 0 Å². The van der Waals surface area contributed by atoms with Crippen LogP contribution in [0.3, 0.4) is 0 Å². The van der Waals surface area contributed by atoms with E-state index in [4.69, 9.17) is 4.74 Å². The summed E-state index contributed by atoms with van der Waals surface area (Å²) in [5.41, 5.74) is 1.33. The molecule has 1 aliphatic carbocycles. The molecule has 0 bridgehead atoms. The van der Waals surface area contributed by atoms with Crippen molar-refractivity contribution in [3.63, 3.8) is 0 Å².